The van der Waals surface area contributed by atoms with E-state index in [0.29, 0.717) is 24.5 Å². The molecule has 11 heteroatoms. The van der Waals surface area contributed by atoms with Crippen LogP contribution in [0.15, 0.2) is 17.1 Å². The molecule has 1 unspecified atom stereocenters. The van der Waals surface area contributed by atoms with Crippen molar-refractivity contribution in [3.8, 4) is 5.75 Å². The summed E-state index contributed by atoms with van der Waals surface area (Å²) in [4.78, 5) is 26.9. The number of hydrogen-bond acceptors (Lipinski definition) is 6. The van der Waals surface area contributed by atoms with Gasteiger partial charge in [0.15, 0.2) is 11.6 Å². The summed E-state index contributed by atoms with van der Waals surface area (Å²) >= 11 is 0. The van der Waals surface area contributed by atoms with Crippen LogP contribution in [-0.2, 0) is 4.65 Å². The number of rotatable bonds is 7. The van der Waals surface area contributed by atoms with Gasteiger partial charge in [0.1, 0.15) is 11.3 Å². The lowest BCUT2D eigenvalue weighted by molar-refractivity contribution is 0.0693. The van der Waals surface area contributed by atoms with Gasteiger partial charge < -0.3 is 24.2 Å². The SMILES string of the molecule is CNCC1CCN(c2c(F)cc3c(=O)c(C(=O)OB(F)F)cn(C4CC4)c3c2OC)C1. The molecule has 0 amide bonds. The third-order valence-electron chi connectivity index (χ3n) is 5.85. The van der Waals surface area contributed by atoms with Gasteiger partial charge in [-0.15, -0.1) is 0 Å². The smallest absolute Gasteiger partial charge is 0.492 e. The van der Waals surface area contributed by atoms with E-state index in [9.17, 15) is 18.2 Å². The molecule has 1 N–H and O–H groups in total. The molecule has 4 rings (SSSR count). The van der Waals surface area contributed by atoms with Crippen LogP contribution in [-0.4, -0.2) is 51.8 Å². The van der Waals surface area contributed by atoms with Crippen molar-refractivity contribution in [3.05, 3.63) is 33.9 Å². The van der Waals surface area contributed by atoms with Crippen molar-refractivity contribution < 1.29 is 27.2 Å². The minimum absolute atomic E-state index is 0.0379. The summed E-state index contributed by atoms with van der Waals surface area (Å²) in [6, 6.07) is 1.03. The van der Waals surface area contributed by atoms with Gasteiger partial charge in [0.25, 0.3) is 0 Å². The number of carbonyl (C=O) groups excluding carboxylic acids is 1. The number of fused-ring (bicyclic) bond motifs is 1. The monoisotopic (exact) mass is 437 g/mol. The van der Waals surface area contributed by atoms with E-state index in [4.69, 9.17) is 4.74 Å². The number of carbonyl (C=O) groups is 1. The van der Waals surface area contributed by atoms with E-state index in [1.54, 1.807) is 4.57 Å². The van der Waals surface area contributed by atoms with E-state index in [0.717, 1.165) is 31.9 Å². The number of methoxy groups -OCH3 is 1. The molecule has 1 saturated heterocycles. The van der Waals surface area contributed by atoms with E-state index in [2.05, 4.69) is 9.97 Å². The van der Waals surface area contributed by atoms with Gasteiger partial charge in [0.05, 0.1) is 18.0 Å². The van der Waals surface area contributed by atoms with E-state index in [1.807, 2.05) is 11.9 Å². The zero-order chi connectivity index (χ0) is 22.3. The van der Waals surface area contributed by atoms with Crippen LogP contribution >= 0.6 is 0 Å². The van der Waals surface area contributed by atoms with E-state index >= 15 is 4.39 Å². The zero-order valence-electron chi connectivity index (χ0n) is 17.3. The molecule has 7 nitrogen and oxygen atoms in total. The lowest BCUT2D eigenvalue weighted by atomic mass is 10.1. The predicted molar refractivity (Wildman–Crippen MR) is 111 cm³/mol. The summed E-state index contributed by atoms with van der Waals surface area (Å²) in [7, 11) is -0.0870. The molecule has 2 aromatic rings. The molecule has 166 valence electrons. The fourth-order valence-electron chi connectivity index (χ4n) is 4.35. The molecule has 1 saturated carbocycles. The molecule has 1 aromatic heterocycles. The Morgan fingerprint density at radius 3 is 2.68 bits per heavy atom. The van der Waals surface area contributed by atoms with Gasteiger partial charge in [-0.3, -0.25) is 4.79 Å². The third kappa shape index (κ3) is 3.98. The summed E-state index contributed by atoms with van der Waals surface area (Å²) in [5.74, 6) is -1.54. The molecule has 2 aliphatic rings. The number of benzene rings is 1. The summed E-state index contributed by atoms with van der Waals surface area (Å²) in [5.41, 5.74) is -0.790. The number of halogens is 3. The molecule has 1 atom stereocenters. The number of nitrogens with zero attached hydrogens (tertiary/aromatic N) is 2. The lowest BCUT2D eigenvalue weighted by Gasteiger charge is -2.25. The molecule has 0 bridgehead atoms. The van der Waals surface area contributed by atoms with Crippen LogP contribution in [0.1, 0.15) is 35.7 Å². The average Bonchev–Trinajstić information content (AvgIpc) is 3.46. The van der Waals surface area contributed by atoms with Gasteiger partial charge in [0, 0.05) is 25.3 Å². The average molecular weight is 437 g/mol. The molecule has 0 radical (unpaired) electrons. The van der Waals surface area contributed by atoms with Crippen molar-refractivity contribution in [1.29, 1.82) is 0 Å². The number of nitrogens with one attached hydrogen (secondary N) is 1. The second-order valence-electron chi connectivity index (χ2n) is 7.97. The summed E-state index contributed by atoms with van der Waals surface area (Å²) in [6.07, 6.45) is 3.68. The van der Waals surface area contributed by atoms with Crippen molar-refractivity contribution in [3.63, 3.8) is 0 Å². The topological polar surface area (TPSA) is 72.8 Å². The van der Waals surface area contributed by atoms with Gasteiger partial charge in [-0.25, -0.2) is 17.8 Å². The van der Waals surface area contributed by atoms with Gasteiger partial charge >= 0.3 is 13.4 Å². The van der Waals surface area contributed by atoms with Gasteiger partial charge in [-0.05, 0) is 44.8 Å². The van der Waals surface area contributed by atoms with Crippen LogP contribution in [0.2, 0.25) is 0 Å². The van der Waals surface area contributed by atoms with Crippen molar-refractivity contribution in [2.45, 2.75) is 25.3 Å². The first-order valence-corrected chi connectivity index (χ1v) is 10.2. The molecular formula is C20H23BF3N3O4. The Morgan fingerprint density at radius 2 is 2.06 bits per heavy atom. The first-order chi connectivity index (χ1) is 14.8. The zero-order valence-corrected chi connectivity index (χ0v) is 17.3. The Kier molecular flexibility index (Phi) is 5.87. The molecular weight excluding hydrogens is 414 g/mol. The van der Waals surface area contributed by atoms with Crippen LogP contribution in [0, 0.1) is 11.7 Å². The Hall–Kier alpha value is -2.69. The van der Waals surface area contributed by atoms with Gasteiger partial charge in [-0.1, -0.05) is 0 Å². The third-order valence-corrected chi connectivity index (χ3v) is 5.85. The largest absolute Gasteiger partial charge is 0.798 e. The second kappa shape index (κ2) is 8.45. The normalized spacial score (nSPS) is 18.5. The molecule has 2 heterocycles. The van der Waals surface area contributed by atoms with E-state index in [1.165, 1.54) is 13.3 Å². The van der Waals surface area contributed by atoms with E-state index < -0.39 is 30.2 Å². The maximum atomic E-state index is 15.3. The summed E-state index contributed by atoms with van der Waals surface area (Å²) in [5, 5.41) is 3.03. The Morgan fingerprint density at radius 1 is 1.32 bits per heavy atom. The Balaban J connectivity index is 1.90. The quantitative estimate of drug-likeness (QED) is 0.672. The van der Waals surface area contributed by atoms with Crippen LogP contribution in [0.5, 0.6) is 5.75 Å². The molecule has 1 aliphatic carbocycles. The molecule has 2 fully saturated rings. The first-order valence-electron chi connectivity index (χ1n) is 10.2. The summed E-state index contributed by atoms with van der Waals surface area (Å²) in [6.45, 7) is 2.07. The molecule has 1 aromatic carbocycles. The molecule has 1 aliphatic heterocycles. The maximum Gasteiger partial charge on any atom is 0.798 e. The number of pyridine rings is 1. The van der Waals surface area contributed by atoms with Crippen molar-refractivity contribution in [1.82, 2.24) is 9.88 Å². The van der Waals surface area contributed by atoms with Crippen molar-refractivity contribution >= 4 is 30.0 Å². The molecule has 31 heavy (non-hydrogen) atoms. The number of ether oxygens (including phenoxy) is 1. The molecule has 0 spiro atoms. The minimum Gasteiger partial charge on any atom is -0.492 e. The number of aromatic nitrogens is 1. The summed E-state index contributed by atoms with van der Waals surface area (Å²) < 4.78 is 51.5. The van der Waals surface area contributed by atoms with Crippen LogP contribution in [0.4, 0.5) is 18.7 Å². The van der Waals surface area contributed by atoms with Gasteiger partial charge in [-0.2, -0.15) is 0 Å². The van der Waals surface area contributed by atoms with Crippen molar-refractivity contribution in [2.75, 3.05) is 38.7 Å². The highest BCUT2D eigenvalue weighted by atomic mass is 19.2. The lowest BCUT2D eigenvalue weighted by Crippen LogP contribution is -2.27. The first kappa shape index (κ1) is 21.5. The van der Waals surface area contributed by atoms with Crippen molar-refractivity contribution in [2.24, 2.45) is 5.92 Å². The van der Waals surface area contributed by atoms with Crippen LogP contribution in [0.3, 0.4) is 0 Å². The highest BCUT2D eigenvalue weighted by molar-refractivity contribution is 6.38. The highest BCUT2D eigenvalue weighted by Gasteiger charge is 2.34. The maximum absolute atomic E-state index is 15.3. The fourth-order valence-corrected chi connectivity index (χ4v) is 4.35. The predicted octanol–water partition coefficient (Wildman–Crippen LogP) is 2.61. The van der Waals surface area contributed by atoms with Crippen LogP contribution in [0.25, 0.3) is 10.9 Å². The Labute approximate surface area is 177 Å². The van der Waals surface area contributed by atoms with E-state index in [-0.39, 0.29) is 22.9 Å². The number of anilines is 1. The standard InChI is InChI=1S/C20H23BF3N3O4/c1-25-8-11-5-6-26(9-11)17-15(22)7-13-16(19(17)30-2)27(12-3-4-12)10-14(18(13)28)20(29)31-21(23)24/h7,10-12,25H,3-6,8-9H2,1-2H3. The fraction of sp³-hybridized carbons (Fsp3) is 0.500. The Bertz CT molecular complexity index is 1070. The highest BCUT2D eigenvalue weighted by Crippen LogP contribution is 2.44. The second-order valence-corrected chi connectivity index (χ2v) is 7.97. The minimum atomic E-state index is -3.36. The van der Waals surface area contributed by atoms with Gasteiger partial charge in [0.2, 0.25) is 5.43 Å². The van der Waals surface area contributed by atoms with Crippen LogP contribution < -0.4 is 20.4 Å². The number of hydrogen-bond donors (Lipinski definition) is 1.